The molecule has 0 aliphatic heterocycles. The number of nitrogens with two attached hydrogens (primary N) is 1. The lowest BCUT2D eigenvalue weighted by Crippen LogP contribution is -2.09. The van der Waals surface area contributed by atoms with Crippen LogP contribution in [-0.4, -0.2) is 4.98 Å². The maximum atomic E-state index is 13.7. The van der Waals surface area contributed by atoms with Crippen molar-refractivity contribution in [3.63, 3.8) is 0 Å². The van der Waals surface area contributed by atoms with Crippen LogP contribution in [0.5, 0.6) is 0 Å². The topological polar surface area (TPSA) is 50.9 Å². The standard InChI is InChI=1S/C11H11ClFN3/c1-2-6-5-9(16-14)10-8(13)4-3-7(12)11(10)15-6/h3-5H,2,14H2,1H3,(H,15,16). The zero-order valence-corrected chi connectivity index (χ0v) is 9.48. The molecule has 2 rings (SSSR count). The first kappa shape index (κ1) is 11.1. The van der Waals surface area contributed by atoms with Gasteiger partial charge in [-0.1, -0.05) is 18.5 Å². The number of hydrazine groups is 1. The van der Waals surface area contributed by atoms with Crippen LogP contribution in [0, 0.1) is 5.82 Å². The number of hydrogen-bond acceptors (Lipinski definition) is 3. The largest absolute Gasteiger partial charge is 0.323 e. The molecule has 0 bridgehead atoms. The van der Waals surface area contributed by atoms with Crippen LogP contribution < -0.4 is 11.3 Å². The normalized spacial score (nSPS) is 10.8. The lowest BCUT2D eigenvalue weighted by Gasteiger charge is -2.09. The fraction of sp³-hybridized carbons (Fsp3) is 0.182. The van der Waals surface area contributed by atoms with Gasteiger partial charge in [-0.25, -0.2) is 4.39 Å². The molecule has 0 spiro atoms. The van der Waals surface area contributed by atoms with Gasteiger partial charge in [0.15, 0.2) is 0 Å². The second-order valence-corrected chi connectivity index (χ2v) is 3.82. The summed E-state index contributed by atoms with van der Waals surface area (Å²) < 4.78 is 13.7. The number of hydrogen-bond donors (Lipinski definition) is 2. The molecule has 0 fully saturated rings. The van der Waals surface area contributed by atoms with Gasteiger partial charge in [0.2, 0.25) is 0 Å². The first-order valence-electron chi connectivity index (χ1n) is 4.91. The molecule has 16 heavy (non-hydrogen) atoms. The maximum Gasteiger partial charge on any atom is 0.134 e. The smallest absolute Gasteiger partial charge is 0.134 e. The quantitative estimate of drug-likeness (QED) is 0.626. The van der Waals surface area contributed by atoms with Crippen molar-refractivity contribution in [3.05, 3.63) is 34.7 Å². The highest BCUT2D eigenvalue weighted by molar-refractivity contribution is 6.35. The van der Waals surface area contributed by atoms with Crippen LogP contribution in [0.25, 0.3) is 10.9 Å². The molecule has 0 aliphatic rings. The van der Waals surface area contributed by atoms with E-state index in [1.807, 2.05) is 6.92 Å². The van der Waals surface area contributed by atoms with E-state index in [-0.39, 0.29) is 5.82 Å². The van der Waals surface area contributed by atoms with Gasteiger partial charge < -0.3 is 5.43 Å². The Morgan fingerprint density at radius 3 is 2.88 bits per heavy atom. The van der Waals surface area contributed by atoms with E-state index >= 15 is 0 Å². The molecular formula is C11H11ClFN3. The number of nitrogens with one attached hydrogen (secondary N) is 1. The average Bonchev–Trinajstić information content (AvgIpc) is 2.32. The number of benzene rings is 1. The molecule has 1 heterocycles. The molecule has 3 nitrogen and oxygen atoms in total. The number of nitrogen functional groups attached to an aromatic ring is 1. The van der Waals surface area contributed by atoms with E-state index in [2.05, 4.69) is 10.4 Å². The number of halogens is 2. The fourth-order valence-electron chi connectivity index (χ4n) is 1.62. The summed E-state index contributed by atoms with van der Waals surface area (Å²) >= 11 is 5.99. The Bertz CT molecular complexity index is 542. The average molecular weight is 240 g/mol. The minimum Gasteiger partial charge on any atom is -0.323 e. The van der Waals surface area contributed by atoms with E-state index < -0.39 is 0 Å². The maximum absolute atomic E-state index is 13.7. The third-order valence-electron chi connectivity index (χ3n) is 2.43. The van der Waals surface area contributed by atoms with Crippen molar-refractivity contribution >= 4 is 28.2 Å². The molecule has 0 saturated carbocycles. The Morgan fingerprint density at radius 2 is 2.25 bits per heavy atom. The lowest BCUT2D eigenvalue weighted by atomic mass is 10.1. The summed E-state index contributed by atoms with van der Waals surface area (Å²) in [6.45, 7) is 1.96. The van der Waals surface area contributed by atoms with Gasteiger partial charge >= 0.3 is 0 Å². The van der Waals surface area contributed by atoms with Crippen LogP contribution in [0.2, 0.25) is 5.02 Å². The number of aromatic nitrogens is 1. The van der Waals surface area contributed by atoms with Crippen LogP contribution in [0.1, 0.15) is 12.6 Å². The Balaban J connectivity index is 2.88. The Morgan fingerprint density at radius 1 is 1.50 bits per heavy atom. The minimum atomic E-state index is -0.387. The van der Waals surface area contributed by atoms with Crippen LogP contribution in [0.15, 0.2) is 18.2 Å². The fourth-order valence-corrected chi connectivity index (χ4v) is 1.82. The highest BCUT2D eigenvalue weighted by Crippen LogP contribution is 2.30. The zero-order valence-electron chi connectivity index (χ0n) is 8.72. The predicted octanol–water partition coefficient (Wildman–Crippen LogP) is 2.88. The Hall–Kier alpha value is -1.39. The first-order valence-corrected chi connectivity index (χ1v) is 5.29. The Labute approximate surface area is 97.4 Å². The zero-order chi connectivity index (χ0) is 11.7. The van der Waals surface area contributed by atoms with E-state index in [0.29, 0.717) is 21.6 Å². The molecule has 0 radical (unpaired) electrons. The minimum absolute atomic E-state index is 0.326. The number of nitrogens with zero attached hydrogens (tertiary/aromatic N) is 1. The van der Waals surface area contributed by atoms with Crippen LogP contribution >= 0.6 is 11.6 Å². The number of anilines is 1. The highest BCUT2D eigenvalue weighted by atomic mass is 35.5. The van der Waals surface area contributed by atoms with Gasteiger partial charge in [-0.15, -0.1) is 0 Å². The number of rotatable bonds is 2. The van der Waals surface area contributed by atoms with Gasteiger partial charge in [0.25, 0.3) is 0 Å². The van der Waals surface area contributed by atoms with Crippen molar-refractivity contribution in [2.45, 2.75) is 13.3 Å². The number of aryl methyl sites for hydroxylation is 1. The lowest BCUT2D eigenvalue weighted by molar-refractivity contribution is 0.639. The summed E-state index contributed by atoms with van der Waals surface area (Å²) in [5.74, 6) is 4.98. The predicted molar refractivity (Wildman–Crippen MR) is 63.9 cm³/mol. The first-order chi connectivity index (χ1) is 7.67. The van der Waals surface area contributed by atoms with E-state index in [0.717, 1.165) is 12.1 Å². The van der Waals surface area contributed by atoms with Gasteiger partial charge in [0.05, 0.1) is 21.6 Å². The van der Waals surface area contributed by atoms with E-state index in [1.54, 1.807) is 6.07 Å². The van der Waals surface area contributed by atoms with Crippen molar-refractivity contribution < 1.29 is 4.39 Å². The summed E-state index contributed by atoms with van der Waals surface area (Å²) in [5.41, 5.74) is 4.23. The van der Waals surface area contributed by atoms with Gasteiger partial charge in [-0.05, 0) is 24.6 Å². The molecular weight excluding hydrogens is 229 g/mol. The third-order valence-corrected chi connectivity index (χ3v) is 2.74. The summed E-state index contributed by atoms with van der Waals surface area (Å²) in [6, 6.07) is 4.52. The summed E-state index contributed by atoms with van der Waals surface area (Å²) in [7, 11) is 0. The van der Waals surface area contributed by atoms with Crippen LogP contribution in [-0.2, 0) is 6.42 Å². The molecule has 0 saturated heterocycles. The van der Waals surface area contributed by atoms with Crippen molar-refractivity contribution in [2.24, 2.45) is 5.84 Å². The molecule has 3 N–H and O–H groups in total. The molecule has 5 heteroatoms. The molecule has 1 aromatic carbocycles. The van der Waals surface area contributed by atoms with Gasteiger partial charge in [0, 0.05) is 5.69 Å². The summed E-state index contributed by atoms with van der Waals surface area (Å²) in [5, 5.41) is 0.746. The monoisotopic (exact) mass is 239 g/mol. The second kappa shape index (κ2) is 4.23. The van der Waals surface area contributed by atoms with Crippen molar-refractivity contribution in [2.75, 3.05) is 5.43 Å². The van der Waals surface area contributed by atoms with Gasteiger partial charge in [-0.2, -0.15) is 0 Å². The molecule has 0 atom stereocenters. The van der Waals surface area contributed by atoms with E-state index in [1.165, 1.54) is 12.1 Å². The summed E-state index contributed by atoms with van der Waals surface area (Å²) in [6.07, 6.45) is 0.734. The van der Waals surface area contributed by atoms with Crippen molar-refractivity contribution in [1.29, 1.82) is 0 Å². The third kappa shape index (κ3) is 1.70. The van der Waals surface area contributed by atoms with E-state index in [9.17, 15) is 4.39 Å². The SMILES string of the molecule is CCc1cc(NN)c2c(F)ccc(Cl)c2n1. The molecule has 0 aliphatic carbocycles. The van der Waals surface area contributed by atoms with Crippen molar-refractivity contribution in [1.82, 2.24) is 4.98 Å². The Kier molecular flexibility index (Phi) is 2.94. The molecule has 0 unspecified atom stereocenters. The van der Waals surface area contributed by atoms with Gasteiger partial charge in [0.1, 0.15) is 5.82 Å². The molecule has 0 amide bonds. The van der Waals surface area contributed by atoms with Crippen LogP contribution in [0.4, 0.5) is 10.1 Å². The van der Waals surface area contributed by atoms with Gasteiger partial charge in [-0.3, -0.25) is 10.8 Å². The number of pyridine rings is 1. The second-order valence-electron chi connectivity index (χ2n) is 3.41. The van der Waals surface area contributed by atoms with Crippen molar-refractivity contribution in [3.8, 4) is 0 Å². The molecule has 84 valence electrons. The highest BCUT2D eigenvalue weighted by Gasteiger charge is 2.11. The molecule has 2 aromatic rings. The summed E-state index contributed by atoms with van der Waals surface area (Å²) in [4.78, 5) is 4.30. The van der Waals surface area contributed by atoms with E-state index in [4.69, 9.17) is 17.4 Å². The molecule has 1 aromatic heterocycles. The van der Waals surface area contributed by atoms with Crippen LogP contribution in [0.3, 0.4) is 0 Å². The number of fused-ring (bicyclic) bond motifs is 1.